The van der Waals surface area contributed by atoms with E-state index in [4.69, 9.17) is 0 Å². The lowest BCUT2D eigenvalue weighted by molar-refractivity contribution is -0.133. The lowest BCUT2D eigenvalue weighted by atomic mass is 10.0. The van der Waals surface area contributed by atoms with Crippen LogP contribution in [0.2, 0.25) is 0 Å². The van der Waals surface area contributed by atoms with Crippen molar-refractivity contribution in [2.75, 3.05) is 6.54 Å². The third-order valence-corrected chi connectivity index (χ3v) is 5.42. The molecule has 2 N–H and O–H groups in total. The van der Waals surface area contributed by atoms with Gasteiger partial charge in [-0.3, -0.25) is 19.4 Å². The van der Waals surface area contributed by atoms with Crippen molar-refractivity contribution in [3.05, 3.63) is 34.4 Å². The predicted molar refractivity (Wildman–Crippen MR) is 94.1 cm³/mol. The zero-order valence-corrected chi connectivity index (χ0v) is 15.4. The summed E-state index contributed by atoms with van der Waals surface area (Å²) in [6, 6.07) is 1.71. The van der Waals surface area contributed by atoms with Crippen LogP contribution in [-0.4, -0.2) is 43.2 Å². The van der Waals surface area contributed by atoms with Gasteiger partial charge in [-0.15, -0.1) is 0 Å². The standard InChI is InChI=1S/C18H24N6O2/c1-10-6-12(10)18(26)24-5-4-16-13(9-24)15(22-23(16)3)8-19-17(25)14-7-11(2)20-21-14/h7,10,12H,4-6,8-9H2,1-3H3,(H,19,25)(H,20,21)/t10-,12-/m0/s1. The van der Waals surface area contributed by atoms with Crippen molar-refractivity contribution in [2.45, 2.75) is 39.8 Å². The van der Waals surface area contributed by atoms with Crippen LogP contribution in [0.15, 0.2) is 6.07 Å². The Morgan fingerprint density at radius 1 is 1.42 bits per heavy atom. The fraction of sp³-hybridized carbons (Fsp3) is 0.556. The lowest BCUT2D eigenvalue weighted by Crippen LogP contribution is -2.38. The summed E-state index contributed by atoms with van der Waals surface area (Å²) in [4.78, 5) is 26.7. The van der Waals surface area contributed by atoms with Crippen LogP contribution in [0.25, 0.3) is 0 Å². The maximum Gasteiger partial charge on any atom is 0.272 e. The van der Waals surface area contributed by atoms with Crippen LogP contribution in [0.1, 0.15) is 46.5 Å². The lowest BCUT2D eigenvalue weighted by Gasteiger charge is -2.28. The molecule has 0 spiro atoms. The molecule has 4 rings (SSSR count). The van der Waals surface area contributed by atoms with E-state index in [0.717, 1.165) is 42.0 Å². The SMILES string of the molecule is Cc1cc(C(=O)NCc2nn(C)c3c2CN(C(=O)[C@H]2C[C@@H]2C)CC3)n[nH]1. The number of rotatable bonds is 4. The highest BCUT2D eigenvalue weighted by Gasteiger charge is 2.42. The number of fused-ring (bicyclic) bond motifs is 1. The Hall–Kier alpha value is -2.64. The van der Waals surface area contributed by atoms with E-state index < -0.39 is 0 Å². The van der Waals surface area contributed by atoms with Crippen molar-refractivity contribution in [1.82, 2.24) is 30.2 Å². The monoisotopic (exact) mass is 356 g/mol. The molecule has 0 bridgehead atoms. The maximum atomic E-state index is 12.6. The highest BCUT2D eigenvalue weighted by Crippen LogP contribution is 2.40. The van der Waals surface area contributed by atoms with Crippen LogP contribution >= 0.6 is 0 Å². The third kappa shape index (κ3) is 3.00. The molecule has 0 unspecified atom stereocenters. The molecule has 3 heterocycles. The molecule has 1 aliphatic carbocycles. The Morgan fingerprint density at radius 3 is 2.85 bits per heavy atom. The molecule has 0 radical (unpaired) electrons. The molecule has 2 aromatic heterocycles. The van der Waals surface area contributed by atoms with Crippen molar-refractivity contribution in [3.63, 3.8) is 0 Å². The summed E-state index contributed by atoms with van der Waals surface area (Å²) in [6.07, 6.45) is 1.80. The van der Waals surface area contributed by atoms with Crippen molar-refractivity contribution in [3.8, 4) is 0 Å². The first-order chi connectivity index (χ1) is 12.4. The molecule has 8 nitrogen and oxygen atoms in total. The Kier molecular flexibility index (Phi) is 4.05. The van der Waals surface area contributed by atoms with Crippen LogP contribution in [-0.2, 0) is 31.4 Å². The minimum Gasteiger partial charge on any atom is -0.345 e. The number of hydrogen-bond donors (Lipinski definition) is 2. The summed E-state index contributed by atoms with van der Waals surface area (Å²) in [5, 5.41) is 14.2. The molecule has 0 saturated heterocycles. The van der Waals surface area contributed by atoms with Gasteiger partial charge in [0.2, 0.25) is 5.91 Å². The first-order valence-electron chi connectivity index (χ1n) is 9.06. The molecule has 1 aliphatic heterocycles. The zero-order valence-electron chi connectivity index (χ0n) is 15.4. The topological polar surface area (TPSA) is 95.9 Å². The second kappa shape index (κ2) is 6.26. The highest BCUT2D eigenvalue weighted by atomic mass is 16.2. The van der Waals surface area contributed by atoms with Crippen LogP contribution < -0.4 is 5.32 Å². The summed E-state index contributed by atoms with van der Waals surface area (Å²) in [5.41, 5.74) is 4.25. The van der Waals surface area contributed by atoms with E-state index in [1.54, 1.807) is 6.07 Å². The molecule has 2 atom stereocenters. The summed E-state index contributed by atoms with van der Waals surface area (Å²) in [6.45, 7) is 5.63. The molecule has 0 aromatic carbocycles. The van der Waals surface area contributed by atoms with E-state index in [1.807, 2.05) is 23.6 Å². The molecule has 1 saturated carbocycles. The van der Waals surface area contributed by atoms with E-state index in [1.165, 1.54) is 0 Å². The Balaban J connectivity index is 1.46. The smallest absolute Gasteiger partial charge is 0.272 e. The number of nitrogens with one attached hydrogen (secondary N) is 2. The first kappa shape index (κ1) is 16.8. The van der Waals surface area contributed by atoms with Gasteiger partial charge in [-0.2, -0.15) is 10.2 Å². The minimum absolute atomic E-state index is 0.194. The quantitative estimate of drug-likeness (QED) is 0.851. The fourth-order valence-corrected chi connectivity index (χ4v) is 3.69. The van der Waals surface area contributed by atoms with Gasteiger partial charge in [-0.25, -0.2) is 0 Å². The van der Waals surface area contributed by atoms with E-state index in [9.17, 15) is 9.59 Å². The minimum atomic E-state index is -0.232. The molecule has 2 amide bonds. The van der Waals surface area contributed by atoms with Gasteiger partial charge in [-0.1, -0.05) is 6.92 Å². The number of nitrogens with zero attached hydrogens (tertiary/aromatic N) is 4. The van der Waals surface area contributed by atoms with Crippen molar-refractivity contribution in [2.24, 2.45) is 18.9 Å². The molecule has 2 aliphatic rings. The van der Waals surface area contributed by atoms with E-state index in [2.05, 4.69) is 27.5 Å². The van der Waals surface area contributed by atoms with Gasteiger partial charge < -0.3 is 10.2 Å². The summed E-state index contributed by atoms with van der Waals surface area (Å²) < 4.78 is 1.87. The molecular formula is C18H24N6O2. The predicted octanol–water partition coefficient (Wildman–Crippen LogP) is 0.922. The Labute approximate surface area is 151 Å². The Morgan fingerprint density at radius 2 is 2.19 bits per heavy atom. The number of carbonyl (C=O) groups excluding carboxylic acids is 2. The second-order valence-corrected chi connectivity index (χ2v) is 7.44. The number of hydrogen-bond acceptors (Lipinski definition) is 4. The first-order valence-corrected chi connectivity index (χ1v) is 9.06. The number of H-pyrrole nitrogens is 1. The molecule has 1 fully saturated rings. The van der Waals surface area contributed by atoms with Gasteiger partial charge in [-0.05, 0) is 25.3 Å². The molecule has 2 aromatic rings. The summed E-state index contributed by atoms with van der Waals surface area (Å²) >= 11 is 0. The van der Waals surface area contributed by atoms with Gasteiger partial charge in [0.1, 0.15) is 5.69 Å². The number of aromatic nitrogens is 4. The van der Waals surface area contributed by atoms with E-state index in [-0.39, 0.29) is 17.7 Å². The number of amides is 2. The molecule has 138 valence electrons. The van der Waals surface area contributed by atoms with Gasteiger partial charge in [0.25, 0.3) is 5.91 Å². The molecular weight excluding hydrogens is 332 g/mol. The van der Waals surface area contributed by atoms with E-state index in [0.29, 0.717) is 24.7 Å². The van der Waals surface area contributed by atoms with Crippen molar-refractivity contribution >= 4 is 11.8 Å². The zero-order chi connectivity index (χ0) is 18.4. The average molecular weight is 356 g/mol. The van der Waals surface area contributed by atoms with Crippen molar-refractivity contribution in [1.29, 1.82) is 0 Å². The largest absolute Gasteiger partial charge is 0.345 e. The highest BCUT2D eigenvalue weighted by molar-refractivity contribution is 5.92. The Bertz CT molecular complexity index is 867. The second-order valence-electron chi connectivity index (χ2n) is 7.44. The average Bonchev–Trinajstić information content (AvgIpc) is 3.05. The van der Waals surface area contributed by atoms with Crippen LogP contribution in [0.4, 0.5) is 0 Å². The number of carbonyl (C=O) groups is 2. The third-order valence-electron chi connectivity index (χ3n) is 5.42. The fourth-order valence-electron chi connectivity index (χ4n) is 3.69. The van der Waals surface area contributed by atoms with Crippen LogP contribution in [0, 0.1) is 18.8 Å². The van der Waals surface area contributed by atoms with Crippen LogP contribution in [0.5, 0.6) is 0 Å². The maximum absolute atomic E-state index is 12.6. The van der Waals surface area contributed by atoms with Gasteiger partial charge in [0.05, 0.1) is 12.2 Å². The number of aromatic amines is 1. The van der Waals surface area contributed by atoms with Gasteiger partial charge in [0, 0.05) is 49.4 Å². The van der Waals surface area contributed by atoms with Gasteiger partial charge >= 0.3 is 0 Å². The molecule has 8 heteroatoms. The number of aryl methyl sites for hydroxylation is 2. The van der Waals surface area contributed by atoms with E-state index >= 15 is 0 Å². The van der Waals surface area contributed by atoms with Crippen molar-refractivity contribution < 1.29 is 9.59 Å². The summed E-state index contributed by atoms with van der Waals surface area (Å²) in [5.74, 6) is 0.728. The van der Waals surface area contributed by atoms with Gasteiger partial charge in [0.15, 0.2) is 0 Å². The summed E-state index contributed by atoms with van der Waals surface area (Å²) in [7, 11) is 1.92. The molecule has 26 heavy (non-hydrogen) atoms. The van der Waals surface area contributed by atoms with Crippen LogP contribution in [0.3, 0.4) is 0 Å². The normalized spacial score (nSPS) is 21.4.